The molecule has 0 fully saturated rings. The first-order valence-corrected chi connectivity index (χ1v) is 0. The first-order valence-electron chi connectivity index (χ1n) is 0. The van der Waals surface area contributed by atoms with Crippen LogP contribution in [0.15, 0.2) is 0 Å². The molecular weight excluding hydrogens is 327 g/mol. The summed E-state index contributed by atoms with van der Waals surface area (Å²) in [5, 5.41) is 0. The number of hydrogen-bond acceptors (Lipinski definition) is 1. The van der Waals surface area contributed by atoms with E-state index in [1.165, 1.54) is 0 Å². The average molecular weight is 330 g/mol. The van der Waals surface area contributed by atoms with Gasteiger partial charge < -0.3 is 6.15 Å². The van der Waals surface area contributed by atoms with Gasteiger partial charge in [0.15, 0.2) is 0 Å². The van der Waals surface area contributed by atoms with Crippen LogP contribution in [0.4, 0.5) is 0 Å². The van der Waals surface area contributed by atoms with Gasteiger partial charge in [-0.2, -0.15) is 0 Å². The van der Waals surface area contributed by atoms with Crippen LogP contribution in [0.2, 0.25) is 0 Å². The summed E-state index contributed by atoms with van der Waals surface area (Å²) in [5.41, 5.74) is 0. The van der Waals surface area contributed by atoms with Gasteiger partial charge in [0.2, 0.25) is 0 Å². The predicted octanol–water partition coefficient (Wildman–Crippen LogP) is -0.980. The third-order valence-electron chi connectivity index (χ3n) is 0. The van der Waals surface area contributed by atoms with Crippen LogP contribution in [-0.2, 0) is 0 Å². The summed E-state index contributed by atoms with van der Waals surface area (Å²) >= 11 is 0. The topological polar surface area (TPSA) is 35.0 Å². The van der Waals surface area contributed by atoms with Crippen LogP contribution in [0, 0.1) is 0 Å². The second-order valence-electron chi connectivity index (χ2n) is 0. The quantitative estimate of drug-likeness (QED) is 0.570. The van der Waals surface area contributed by atoms with Gasteiger partial charge in [-0.05, 0) is 0 Å². The molecule has 0 aromatic heterocycles. The molecule has 0 aromatic carbocycles. The second kappa shape index (κ2) is 15.6. The molecule has 0 spiro atoms. The van der Waals surface area contributed by atoms with Crippen molar-refractivity contribution in [3.05, 3.63) is 0 Å². The summed E-state index contributed by atoms with van der Waals surface area (Å²) in [4.78, 5) is 0. The predicted molar refractivity (Wildman–Crippen MR) is 22.3 cm³/mol. The molecule has 0 bridgehead atoms. The standard InChI is InChI=1S/Ba.H3N.2Sr/h;1H3;;. The van der Waals surface area contributed by atoms with Crippen LogP contribution < -0.4 is 6.15 Å². The van der Waals surface area contributed by atoms with E-state index in [1.54, 1.807) is 0 Å². The van der Waals surface area contributed by atoms with Gasteiger partial charge in [0.25, 0.3) is 0 Å². The molecule has 1 nitrogen and oxygen atoms in total. The Morgan fingerprint density at radius 1 is 0.750 bits per heavy atom. The van der Waals surface area contributed by atoms with Crippen molar-refractivity contribution in [2.75, 3.05) is 0 Å². The van der Waals surface area contributed by atoms with Crippen molar-refractivity contribution in [1.82, 2.24) is 6.15 Å². The fourth-order valence-electron chi connectivity index (χ4n) is 0. The van der Waals surface area contributed by atoms with Crippen molar-refractivity contribution in [3.63, 3.8) is 0 Å². The van der Waals surface area contributed by atoms with Crippen LogP contribution in [-0.4, -0.2) is 140 Å². The molecule has 0 aromatic rings. The van der Waals surface area contributed by atoms with E-state index in [0.29, 0.717) is 0 Å². The van der Waals surface area contributed by atoms with Crippen molar-refractivity contribution in [1.29, 1.82) is 0 Å². The molecule has 0 rings (SSSR count). The molecule has 0 heterocycles. The van der Waals surface area contributed by atoms with Crippen LogP contribution >= 0.6 is 0 Å². The monoisotopic (exact) mass is 331 g/mol. The van der Waals surface area contributed by atoms with E-state index >= 15 is 0 Å². The Morgan fingerprint density at radius 3 is 0.750 bits per heavy atom. The zero-order valence-electron chi connectivity index (χ0n) is 2.83. The third kappa shape index (κ3) is 9.70. The minimum absolute atomic E-state index is 0. The van der Waals surface area contributed by atoms with Crippen LogP contribution in [0.5, 0.6) is 0 Å². The van der Waals surface area contributed by atoms with Crippen molar-refractivity contribution in [3.8, 4) is 0 Å². The van der Waals surface area contributed by atoms with E-state index in [4.69, 9.17) is 0 Å². The molecule has 0 saturated carbocycles. The van der Waals surface area contributed by atoms with Crippen molar-refractivity contribution < 1.29 is 0 Å². The van der Waals surface area contributed by atoms with Gasteiger partial charge in [-0.3, -0.25) is 0 Å². The minimum atomic E-state index is 0. The van der Waals surface area contributed by atoms with E-state index < -0.39 is 0 Å². The Kier molecular flexibility index (Phi) is 92.4. The summed E-state index contributed by atoms with van der Waals surface area (Å²) < 4.78 is 0. The molecule has 4 heteroatoms. The van der Waals surface area contributed by atoms with Gasteiger partial charge in [-0.15, -0.1) is 0 Å². The Labute approximate surface area is 141 Å². The SMILES string of the molecule is N.[Ba].[Sr].[Sr]. The molecule has 0 aliphatic heterocycles. The summed E-state index contributed by atoms with van der Waals surface area (Å²) in [6.07, 6.45) is 0. The van der Waals surface area contributed by atoms with Crippen LogP contribution in [0.1, 0.15) is 0 Å². The molecule has 0 aliphatic carbocycles. The normalized spacial score (nSPS) is 0. The average Bonchev–Trinajstić information content (AvgIpc) is 0. The van der Waals surface area contributed by atoms with Gasteiger partial charge in [0.05, 0.1) is 0 Å². The zero-order valence-corrected chi connectivity index (χ0v) is 14.2. The first-order chi connectivity index (χ1) is 0. The molecular formula is H3BaNSr2. The maximum atomic E-state index is 0. The Balaban J connectivity index is 0. The van der Waals surface area contributed by atoms with Crippen molar-refractivity contribution >= 4 is 140 Å². The molecule has 0 unspecified atom stereocenters. The largest absolute Gasteiger partial charge is 0.344 e. The van der Waals surface area contributed by atoms with E-state index in [1.807, 2.05) is 0 Å². The van der Waals surface area contributed by atoms with E-state index in [-0.39, 0.29) is 146 Å². The van der Waals surface area contributed by atoms with Crippen LogP contribution in [0.25, 0.3) is 0 Å². The van der Waals surface area contributed by atoms with E-state index in [9.17, 15) is 0 Å². The molecule has 0 amide bonds. The van der Waals surface area contributed by atoms with Gasteiger partial charge >= 0.3 is 0 Å². The molecule has 4 heavy (non-hydrogen) atoms. The number of rotatable bonds is 0. The van der Waals surface area contributed by atoms with E-state index in [2.05, 4.69) is 0 Å². The fraction of sp³-hybridized carbons (Fsp3) is 0. The molecule has 3 N–H and O–H groups in total. The van der Waals surface area contributed by atoms with Crippen molar-refractivity contribution in [2.45, 2.75) is 0 Å². The molecule has 0 aliphatic rings. The maximum absolute atomic E-state index is 0. The van der Waals surface area contributed by atoms with Gasteiger partial charge in [0.1, 0.15) is 0 Å². The summed E-state index contributed by atoms with van der Waals surface area (Å²) in [6, 6.07) is 0. The summed E-state index contributed by atoms with van der Waals surface area (Å²) in [5.74, 6) is 0. The molecule has 14 valence electrons. The fourth-order valence-corrected chi connectivity index (χ4v) is 0. The minimum Gasteiger partial charge on any atom is -0.344 e. The molecule has 6 radical (unpaired) electrons. The first kappa shape index (κ1) is 23.6. The maximum Gasteiger partial charge on any atom is 0 e. The second-order valence-corrected chi connectivity index (χ2v) is 0. The summed E-state index contributed by atoms with van der Waals surface area (Å²) in [6.45, 7) is 0. The van der Waals surface area contributed by atoms with Crippen molar-refractivity contribution in [2.24, 2.45) is 0 Å². The molecule has 0 atom stereocenters. The smallest absolute Gasteiger partial charge is 0 e. The third-order valence-corrected chi connectivity index (χ3v) is 0. The summed E-state index contributed by atoms with van der Waals surface area (Å²) in [7, 11) is 0. The Hall–Kier alpha value is 4.49. The zero-order chi connectivity index (χ0) is 0. The van der Waals surface area contributed by atoms with E-state index in [0.717, 1.165) is 0 Å². The Bertz CT molecular complexity index is 6.00. The Morgan fingerprint density at radius 2 is 0.750 bits per heavy atom. The van der Waals surface area contributed by atoms with Gasteiger partial charge in [-0.25, -0.2) is 0 Å². The van der Waals surface area contributed by atoms with Gasteiger partial charge in [-0.1, -0.05) is 0 Å². The van der Waals surface area contributed by atoms with Gasteiger partial charge in [0, 0.05) is 140 Å². The number of hydrogen-bond donors (Lipinski definition) is 1. The molecule has 0 saturated heterocycles. The van der Waals surface area contributed by atoms with Crippen LogP contribution in [0.3, 0.4) is 0 Å².